The molecule has 0 saturated carbocycles. The second kappa shape index (κ2) is 8.17. The lowest BCUT2D eigenvalue weighted by atomic mass is 10.1. The molecule has 3 rings (SSSR count). The fourth-order valence-electron chi connectivity index (χ4n) is 2.42. The minimum absolute atomic E-state index is 0.243. The van der Waals surface area contributed by atoms with Crippen molar-refractivity contribution < 1.29 is 9.21 Å². The van der Waals surface area contributed by atoms with Crippen molar-refractivity contribution in [2.24, 2.45) is 0 Å². The Morgan fingerprint density at radius 3 is 2.62 bits per heavy atom. The maximum Gasteiger partial charge on any atom is 0.257 e. The first-order valence-corrected chi connectivity index (χ1v) is 8.80. The predicted octanol–water partition coefficient (Wildman–Crippen LogP) is 4.71. The smallest absolute Gasteiger partial charge is 0.257 e. The van der Waals surface area contributed by atoms with Gasteiger partial charge in [-0.1, -0.05) is 29.3 Å². The molecule has 3 aromatic rings. The summed E-state index contributed by atoms with van der Waals surface area (Å²) in [5.41, 5.74) is 2.52. The van der Waals surface area contributed by atoms with Gasteiger partial charge in [-0.2, -0.15) is 0 Å². The molecule has 1 aromatic heterocycles. The number of amides is 1. The predicted molar refractivity (Wildman–Crippen MR) is 107 cm³/mol. The number of hydrogen-bond donors (Lipinski definition) is 2. The first kappa shape index (κ1) is 18.2. The Morgan fingerprint density at radius 1 is 1.12 bits per heavy atom. The van der Waals surface area contributed by atoms with Gasteiger partial charge in [0.1, 0.15) is 11.5 Å². The standard InChI is InChI=1S/C20H17ClN2O2S/c1-13-3-2-4-15(11-13)19(24)23-20(26)22-12-17-9-10-18(25-17)14-5-7-16(21)8-6-14/h2-11H,12H2,1H3,(H2,22,23,24,26). The van der Waals surface area contributed by atoms with Crippen LogP contribution in [0.4, 0.5) is 0 Å². The molecule has 0 radical (unpaired) electrons. The van der Waals surface area contributed by atoms with Crippen LogP contribution in [0.15, 0.2) is 65.1 Å². The van der Waals surface area contributed by atoms with Gasteiger partial charge in [0.2, 0.25) is 0 Å². The summed E-state index contributed by atoms with van der Waals surface area (Å²) in [6.07, 6.45) is 0. The van der Waals surface area contributed by atoms with Gasteiger partial charge in [-0.3, -0.25) is 10.1 Å². The van der Waals surface area contributed by atoms with Crippen LogP contribution in [-0.2, 0) is 6.54 Å². The Bertz CT molecular complexity index is 935. The molecule has 1 amide bonds. The molecule has 2 aromatic carbocycles. The summed E-state index contributed by atoms with van der Waals surface area (Å²) in [7, 11) is 0. The highest BCUT2D eigenvalue weighted by atomic mass is 35.5. The first-order valence-electron chi connectivity index (χ1n) is 8.02. The quantitative estimate of drug-likeness (QED) is 0.639. The van der Waals surface area contributed by atoms with E-state index in [0.717, 1.165) is 16.9 Å². The lowest BCUT2D eigenvalue weighted by Gasteiger charge is -2.08. The van der Waals surface area contributed by atoms with E-state index in [-0.39, 0.29) is 11.0 Å². The normalized spacial score (nSPS) is 10.4. The van der Waals surface area contributed by atoms with Gasteiger partial charge in [0.25, 0.3) is 5.91 Å². The van der Waals surface area contributed by atoms with E-state index in [1.165, 1.54) is 0 Å². The molecule has 6 heteroatoms. The molecule has 0 fully saturated rings. The Labute approximate surface area is 162 Å². The summed E-state index contributed by atoms with van der Waals surface area (Å²) in [4.78, 5) is 12.2. The fraction of sp³-hybridized carbons (Fsp3) is 0.100. The maximum atomic E-state index is 12.2. The zero-order valence-corrected chi connectivity index (χ0v) is 15.7. The van der Waals surface area contributed by atoms with Crippen molar-refractivity contribution in [3.8, 4) is 11.3 Å². The molecule has 0 saturated heterocycles. The minimum Gasteiger partial charge on any atom is -0.459 e. The molecule has 0 aliphatic carbocycles. The number of carbonyl (C=O) groups excluding carboxylic acids is 1. The van der Waals surface area contributed by atoms with E-state index in [2.05, 4.69) is 10.6 Å². The minimum atomic E-state index is -0.243. The molecule has 0 bridgehead atoms. The third kappa shape index (κ3) is 4.71. The van der Waals surface area contributed by atoms with Crippen LogP contribution in [0.1, 0.15) is 21.7 Å². The Balaban J connectivity index is 1.55. The zero-order valence-electron chi connectivity index (χ0n) is 14.1. The van der Waals surface area contributed by atoms with Crippen LogP contribution in [0.2, 0.25) is 5.02 Å². The molecule has 2 N–H and O–H groups in total. The van der Waals surface area contributed by atoms with Gasteiger partial charge in [0.15, 0.2) is 5.11 Å². The summed E-state index contributed by atoms with van der Waals surface area (Å²) in [5.74, 6) is 1.21. The molecule has 1 heterocycles. The van der Waals surface area contributed by atoms with Gasteiger partial charge in [0, 0.05) is 16.1 Å². The van der Waals surface area contributed by atoms with E-state index in [1.807, 2.05) is 61.5 Å². The van der Waals surface area contributed by atoms with Crippen LogP contribution in [0.3, 0.4) is 0 Å². The summed E-state index contributed by atoms with van der Waals surface area (Å²) in [6, 6.07) is 18.5. The molecule has 0 spiro atoms. The average Bonchev–Trinajstić information content (AvgIpc) is 3.09. The van der Waals surface area contributed by atoms with E-state index >= 15 is 0 Å². The Kier molecular flexibility index (Phi) is 5.71. The van der Waals surface area contributed by atoms with Crippen LogP contribution in [-0.4, -0.2) is 11.0 Å². The molecule has 0 atom stereocenters. The number of benzene rings is 2. The molecule has 4 nitrogen and oxygen atoms in total. The summed E-state index contributed by atoms with van der Waals surface area (Å²) in [5, 5.41) is 6.56. The van der Waals surface area contributed by atoms with Crippen molar-refractivity contribution in [3.63, 3.8) is 0 Å². The topological polar surface area (TPSA) is 54.3 Å². The number of thiocarbonyl (C=S) groups is 1. The Hall–Kier alpha value is -2.63. The zero-order chi connectivity index (χ0) is 18.5. The van der Waals surface area contributed by atoms with Crippen molar-refractivity contribution in [3.05, 3.63) is 82.6 Å². The van der Waals surface area contributed by atoms with Crippen molar-refractivity contribution in [2.45, 2.75) is 13.5 Å². The van der Waals surface area contributed by atoms with Crippen LogP contribution >= 0.6 is 23.8 Å². The lowest BCUT2D eigenvalue weighted by molar-refractivity contribution is 0.0976. The molecular weight excluding hydrogens is 368 g/mol. The number of aryl methyl sites for hydroxylation is 1. The summed E-state index contributed by atoms with van der Waals surface area (Å²) < 4.78 is 5.79. The Morgan fingerprint density at radius 2 is 1.88 bits per heavy atom. The molecule has 132 valence electrons. The van der Waals surface area contributed by atoms with Gasteiger partial charge in [-0.15, -0.1) is 0 Å². The van der Waals surface area contributed by atoms with E-state index in [4.69, 9.17) is 28.2 Å². The van der Waals surface area contributed by atoms with Crippen molar-refractivity contribution >= 4 is 34.8 Å². The van der Waals surface area contributed by atoms with E-state index in [9.17, 15) is 4.79 Å². The van der Waals surface area contributed by atoms with Crippen molar-refractivity contribution in [1.82, 2.24) is 10.6 Å². The number of rotatable bonds is 4. The van der Waals surface area contributed by atoms with Crippen LogP contribution in [0.25, 0.3) is 11.3 Å². The van der Waals surface area contributed by atoms with Gasteiger partial charge in [-0.05, 0) is 67.7 Å². The lowest BCUT2D eigenvalue weighted by Crippen LogP contribution is -2.38. The number of carbonyl (C=O) groups is 1. The van der Waals surface area contributed by atoms with Gasteiger partial charge in [0.05, 0.1) is 6.54 Å². The second-order valence-corrected chi connectivity index (χ2v) is 6.62. The average molecular weight is 385 g/mol. The summed E-state index contributed by atoms with van der Waals surface area (Å²) in [6.45, 7) is 2.31. The van der Waals surface area contributed by atoms with Gasteiger partial charge < -0.3 is 9.73 Å². The largest absolute Gasteiger partial charge is 0.459 e. The molecule has 0 aliphatic rings. The van der Waals surface area contributed by atoms with E-state index < -0.39 is 0 Å². The highest BCUT2D eigenvalue weighted by Crippen LogP contribution is 2.23. The molecule has 26 heavy (non-hydrogen) atoms. The van der Waals surface area contributed by atoms with Crippen molar-refractivity contribution in [2.75, 3.05) is 0 Å². The van der Waals surface area contributed by atoms with E-state index in [0.29, 0.717) is 22.9 Å². The maximum absolute atomic E-state index is 12.2. The second-order valence-electron chi connectivity index (χ2n) is 5.78. The SMILES string of the molecule is Cc1cccc(C(=O)NC(=S)NCc2ccc(-c3ccc(Cl)cc3)o2)c1. The first-order chi connectivity index (χ1) is 12.5. The summed E-state index contributed by atoms with van der Waals surface area (Å²) >= 11 is 11.1. The van der Waals surface area contributed by atoms with Gasteiger partial charge >= 0.3 is 0 Å². The highest BCUT2D eigenvalue weighted by Gasteiger charge is 2.09. The number of hydrogen-bond acceptors (Lipinski definition) is 3. The van der Waals surface area contributed by atoms with E-state index in [1.54, 1.807) is 6.07 Å². The number of furan rings is 1. The van der Waals surface area contributed by atoms with Gasteiger partial charge in [-0.25, -0.2) is 0 Å². The van der Waals surface area contributed by atoms with Crippen LogP contribution in [0, 0.1) is 6.92 Å². The number of nitrogens with one attached hydrogen (secondary N) is 2. The van der Waals surface area contributed by atoms with Crippen LogP contribution < -0.4 is 10.6 Å². The van der Waals surface area contributed by atoms with Crippen LogP contribution in [0.5, 0.6) is 0 Å². The molecule has 0 aliphatic heterocycles. The third-order valence-electron chi connectivity index (χ3n) is 3.72. The molecule has 0 unspecified atom stereocenters. The number of halogens is 1. The van der Waals surface area contributed by atoms with Crippen molar-refractivity contribution in [1.29, 1.82) is 0 Å². The third-order valence-corrected chi connectivity index (χ3v) is 4.22. The fourth-order valence-corrected chi connectivity index (χ4v) is 2.71. The highest BCUT2D eigenvalue weighted by molar-refractivity contribution is 7.80. The monoisotopic (exact) mass is 384 g/mol. The molecular formula is C20H17ClN2O2S.